The largest absolute Gasteiger partial charge is 0.347 e. The Kier molecular flexibility index (Phi) is 1.12. The highest BCUT2D eigenvalue weighted by atomic mass is 16.1. The van der Waals surface area contributed by atoms with Crippen molar-refractivity contribution < 1.29 is 24.0 Å². The predicted molar refractivity (Wildman–Crippen MR) is 86.0 cm³/mol. The minimum Gasteiger partial charge on any atom is -0.347 e. The van der Waals surface area contributed by atoms with Gasteiger partial charge in [-0.05, 0) is 25.7 Å². The zero-order valence-electron chi connectivity index (χ0n) is 25.1. The molecule has 0 bridgehead atoms. The fraction of sp³-hybridized carbons (Fsp3) is 0.333. The van der Waals surface area contributed by atoms with Crippen LogP contribution in [0.4, 0.5) is 0 Å². The highest BCUT2D eigenvalue weighted by Crippen LogP contribution is 2.34. The maximum Gasteiger partial charge on any atom is 0.170 e. The van der Waals surface area contributed by atoms with Gasteiger partial charge in [0.2, 0.25) is 0 Å². The quantitative estimate of drug-likeness (QED) is 0.730. The predicted octanol–water partition coefficient (Wildman–Crippen LogP) is 3.13. The fourth-order valence-electron chi connectivity index (χ4n) is 2.50. The van der Waals surface area contributed by atoms with Crippen LogP contribution in [0, 0.1) is 12.8 Å². The number of hydrogen-bond donors (Lipinski definition) is 0. The van der Waals surface area contributed by atoms with Gasteiger partial charge in [-0.3, -0.25) is 4.79 Å². The molecule has 0 saturated heterocycles. The maximum atomic E-state index is 13.8. The van der Waals surface area contributed by atoms with Gasteiger partial charge >= 0.3 is 0 Å². The van der Waals surface area contributed by atoms with Crippen LogP contribution < -0.4 is 0 Å². The van der Waals surface area contributed by atoms with E-state index in [1.54, 1.807) is 0 Å². The molecule has 0 radical (unpaired) electrons. The van der Waals surface area contributed by atoms with Gasteiger partial charge in [-0.25, -0.2) is 4.98 Å². The van der Waals surface area contributed by atoms with Crippen LogP contribution >= 0.6 is 0 Å². The van der Waals surface area contributed by atoms with Crippen molar-refractivity contribution in [3.63, 3.8) is 0 Å². The van der Waals surface area contributed by atoms with Gasteiger partial charge in [-0.2, -0.15) is 0 Å². The van der Waals surface area contributed by atoms with Crippen molar-refractivity contribution in [1.82, 2.24) is 14.1 Å². The van der Waals surface area contributed by atoms with Gasteiger partial charge in [0.05, 0.1) is 5.48 Å². The first-order valence-electron chi connectivity index (χ1n) is 13.4. The molecule has 4 nitrogen and oxygen atoms in total. The Hall–Kier alpha value is -2.36. The minimum absolute atomic E-state index is 0.0530. The molecule has 0 saturated carbocycles. The Morgan fingerprint density at radius 1 is 1.55 bits per heavy atom. The van der Waals surface area contributed by atoms with E-state index in [0.717, 1.165) is 0 Å². The number of nitrogens with zero attached hydrogens (tertiary/aromatic N) is 3. The van der Waals surface area contributed by atoms with Gasteiger partial charge in [0.15, 0.2) is 5.78 Å². The Morgan fingerprint density at radius 3 is 3.32 bits per heavy atom. The van der Waals surface area contributed by atoms with Crippen LogP contribution in [0.3, 0.4) is 0 Å². The Morgan fingerprint density at radius 2 is 2.45 bits per heavy atom. The van der Waals surface area contributed by atoms with E-state index >= 15 is 0 Å². The molecule has 4 rings (SSSR count). The molecule has 0 fully saturated rings. The zero-order valence-corrected chi connectivity index (χ0v) is 11.1. The lowest BCUT2D eigenvalue weighted by Crippen LogP contribution is -2.27. The second kappa shape index (κ2) is 4.83. The van der Waals surface area contributed by atoms with E-state index in [9.17, 15) is 4.79 Å². The van der Waals surface area contributed by atoms with Crippen molar-refractivity contribution in [3.8, 4) is 0 Å². The summed E-state index contributed by atoms with van der Waals surface area (Å²) < 4.78 is 115. The summed E-state index contributed by atoms with van der Waals surface area (Å²) in [4.78, 5) is 17.3. The molecular formula is C18H19N3O. The van der Waals surface area contributed by atoms with E-state index in [-0.39, 0.29) is 15.5 Å². The molecule has 3 aromatic rings. The number of rotatable bonds is 2. The van der Waals surface area contributed by atoms with Gasteiger partial charge in [0.1, 0.15) is 5.82 Å². The average Bonchev–Trinajstić information content (AvgIpc) is 3.22. The SMILES string of the molecule is [2H]c1nc(C([2H])([2H])[2H])n(C([2H])([2H])C2C(=O)c3c(n(C([2H])([2H])[2H])c4ccccc34)C([2H])([2H])C2([2H])[2H])c1[2H]. The van der Waals surface area contributed by atoms with Crippen LogP contribution in [0.15, 0.2) is 36.6 Å². The van der Waals surface area contributed by atoms with Crippen LogP contribution in [-0.4, -0.2) is 19.9 Å². The lowest BCUT2D eigenvalue weighted by Gasteiger charge is -2.23. The van der Waals surface area contributed by atoms with E-state index in [1.807, 2.05) is 0 Å². The first-order chi connectivity index (χ1) is 16.2. The number of ketones is 1. The number of para-hydroxylation sites is 1. The first kappa shape index (κ1) is 5.08. The Labute approximate surface area is 149 Å². The number of aryl methyl sites for hydroxylation is 2. The highest BCUT2D eigenvalue weighted by Gasteiger charge is 2.32. The number of hydrogen-bond acceptors (Lipinski definition) is 2. The summed E-state index contributed by atoms with van der Waals surface area (Å²) in [5.41, 5.74) is -1.44. The summed E-state index contributed by atoms with van der Waals surface area (Å²) in [6, 6.07) is 5.51. The number of carbonyl (C=O) groups is 1. The number of carbonyl (C=O) groups excluding carboxylic acids is 1. The van der Waals surface area contributed by atoms with Gasteiger partial charge in [-0.15, -0.1) is 0 Å². The normalized spacial score (nSPS) is 33.6. The highest BCUT2D eigenvalue weighted by molar-refractivity contribution is 6.11. The molecular weight excluding hydrogens is 274 g/mol. The van der Waals surface area contributed by atoms with Gasteiger partial charge in [0.25, 0.3) is 0 Å². The second-order valence-electron chi connectivity index (χ2n) is 4.77. The molecule has 1 aliphatic rings. The third kappa shape index (κ3) is 1.83. The van der Waals surface area contributed by atoms with E-state index < -0.39 is 74.2 Å². The summed E-state index contributed by atoms with van der Waals surface area (Å²) in [5, 5.41) is -0.0530. The van der Waals surface area contributed by atoms with E-state index in [2.05, 4.69) is 4.98 Å². The Bertz CT molecular complexity index is 1390. The molecule has 4 heteroatoms. The summed E-state index contributed by atoms with van der Waals surface area (Å²) >= 11 is 0. The van der Waals surface area contributed by atoms with Crippen LogP contribution in [0.5, 0.6) is 0 Å². The van der Waals surface area contributed by atoms with Crippen molar-refractivity contribution in [2.45, 2.75) is 26.1 Å². The van der Waals surface area contributed by atoms with Crippen molar-refractivity contribution in [2.24, 2.45) is 12.9 Å². The third-order valence-electron chi connectivity index (χ3n) is 3.51. The molecule has 2 aromatic heterocycles. The second-order valence-corrected chi connectivity index (χ2v) is 4.77. The lowest BCUT2D eigenvalue weighted by atomic mass is 9.85. The maximum absolute atomic E-state index is 13.8. The van der Waals surface area contributed by atoms with Crippen LogP contribution in [0.25, 0.3) is 10.9 Å². The van der Waals surface area contributed by atoms with E-state index in [4.69, 9.17) is 19.2 Å². The van der Waals surface area contributed by atoms with Gasteiger partial charge < -0.3 is 9.13 Å². The van der Waals surface area contributed by atoms with Crippen molar-refractivity contribution in [1.29, 1.82) is 0 Å². The fourth-order valence-corrected chi connectivity index (χ4v) is 2.50. The van der Waals surface area contributed by atoms with E-state index in [1.165, 1.54) is 24.3 Å². The standard InChI is InChI=1S/C18H19N3O/c1-12-19-9-10-21(12)11-13-7-8-16-17(18(13)22)14-5-3-4-6-15(14)20(16)2/h3-6,9-10,13H,7-8,11H2,1-2H3/i1D3,2D3,7D2,8D2,9D,10D,11D2. The lowest BCUT2D eigenvalue weighted by molar-refractivity contribution is 0.0888. The molecule has 0 N–H and O–H groups in total. The van der Waals surface area contributed by atoms with Crippen LogP contribution in [0.2, 0.25) is 0 Å². The zero-order chi connectivity index (χ0) is 27.4. The van der Waals surface area contributed by atoms with Gasteiger partial charge in [0, 0.05) is 67.6 Å². The minimum atomic E-state index is -3.44. The molecule has 0 aliphatic heterocycles. The van der Waals surface area contributed by atoms with Crippen molar-refractivity contribution >= 4 is 16.7 Å². The van der Waals surface area contributed by atoms with Gasteiger partial charge in [-0.1, -0.05) is 18.2 Å². The molecule has 112 valence electrons. The smallest absolute Gasteiger partial charge is 0.170 e. The number of aromatic nitrogens is 3. The molecule has 22 heavy (non-hydrogen) atoms. The van der Waals surface area contributed by atoms with Crippen LogP contribution in [-0.2, 0) is 19.8 Å². The Balaban J connectivity index is 2.11. The summed E-state index contributed by atoms with van der Waals surface area (Å²) in [5.74, 6) is -4.98. The number of fused-ring (bicyclic) bond motifs is 3. The van der Waals surface area contributed by atoms with E-state index in [0.29, 0.717) is 4.57 Å². The van der Waals surface area contributed by atoms with Crippen LogP contribution in [0.1, 0.15) is 47.4 Å². The molecule has 1 aromatic carbocycles. The molecule has 1 atom stereocenters. The molecule has 1 aliphatic carbocycles. The molecule has 2 heterocycles. The number of imidazole rings is 1. The molecule has 0 spiro atoms. The molecule has 0 amide bonds. The third-order valence-corrected chi connectivity index (χ3v) is 3.51. The monoisotopic (exact) mass is 307 g/mol. The average molecular weight is 307 g/mol. The summed E-state index contributed by atoms with van der Waals surface area (Å²) in [7, 11) is 0. The number of Topliss-reactive ketones (excluding diaryl/α,β-unsaturated/α-hetero) is 1. The first-order valence-corrected chi connectivity index (χ1v) is 6.44. The van der Waals surface area contributed by atoms with Crippen molar-refractivity contribution in [2.75, 3.05) is 0 Å². The number of benzene rings is 1. The summed E-state index contributed by atoms with van der Waals surface area (Å²) in [6.45, 7) is -9.59. The summed E-state index contributed by atoms with van der Waals surface area (Å²) in [6.07, 6.45) is -8.69. The molecule has 1 unspecified atom stereocenters. The topological polar surface area (TPSA) is 39.8 Å². The van der Waals surface area contributed by atoms with Crippen molar-refractivity contribution in [3.05, 3.63) is 53.7 Å².